The Hall–Kier alpha value is -5.31. The van der Waals surface area contributed by atoms with E-state index in [1.807, 2.05) is 0 Å². The minimum absolute atomic E-state index is 0.00811. The number of amides is 1. The van der Waals surface area contributed by atoms with Crippen LogP contribution in [0.3, 0.4) is 0 Å². The van der Waals surface area contributed by atoms with Gasteiger partial charge in [-0.15, -0.1) is 0 Å². The standard InChI is InChI=1S/C45H55NO8/c1-4-7-10-13-30-50-37-22-16-34(17-23-37)43(47)46-41-29-28-40(53-44(48)35-18-24-38(25-19-35)51-31-14-11-8-5-2)33-42(41)54-45(49)36-20-26-39(27-21-36)52-32-15-12-9-6-3/h16-29,33H,4-15,30-32H2,1-3H3,(H,46,47). The largest absolute Gasteiger partial charge is 0.494 e. The molecule has 9 nitrogen and oxygen atoms in total. The van der Waals surface area contributed by atoms with Gasteiger partial charge in [0.25, 0.3) is 5.91 Å². The summed E-state index contributed by atoms with van der Waals surface area (Å²) in [6.07, 6.45) is 13.2. The van der Waals surface area contributed by atoms with Crippen LogP contribution in [0.1, 0.15) is 129 Å². The second-order valence-corrected chi connectivity index (χ2v) is 13.2. The molecule has 288 valence electrons. The smallest absolute Gasteiger partial charge is 0.343 e. The van der Waals surface area contributed by atoms with E-state index >= 15 is 0 Å². The first kappa shape index (κ1) is 41.4. The van der Waals surface area contributed by atoms with Gasteiger partial charge >= 0.3 is 11.9 Å². The Kier molecular flexibility index (Phi) is 17.9. The van der Waals surface area contributed by atoms with E-state index in [1.54, 1.807) is 72.8 Å². The first-order chi connectivity index (χ1) is 26.4. The Morgan fingerprint density at radius 3 is 1.26 bits per heavy atom. The lowest BCUT2D eigenvalue weighted by atomic mass is 10.2. The normalized spacial score (nSPS) is 10.7. The molecule has 4 aromatic carbocycles. The molecule has 0 aliphatic carbocycles. The average molecular weight is 738 g/mol. The van der Waals surface area contributed by atoms with E-state index in [0.717, 1.165) is 57.8 Å². The molecular weight excluding hydrogens is 682 g/mol. The predicted molar refractivity (Wildman–Crippen MR) is 213 cm³/mol. The zero-order chi connectivity index (χ0) is 38.4. The van der Waals surface area contributed by atoms with Crippen LogP contribution >= 0.6 is 0 Å². The summed E-state index contributed by atoms with van der Waals surface area (Å²) in [6, 6.07) is 24.8. The number of hydrogen-bond acceptors (Lipinski definition) is 8. The number of rotatable bonds is 24. The van der Waals surface area contributed by atoms with Gasteiger partial charge in [-0.05, 0) is 104 Å². The molecular formula is C45H55NO8. The molecule has 4 aromatic rings. The van der Waals surface area contributed by atoms with Crippen molar-refractivity contribution in [2.24, 2.45) is 0 Å². The van der Waals surface area contributed by atoms with E-state index < -0.39 is 17.8 Å². The molecule has 54 heavy (non-hydrogen) atoms. The number of ether oxygens (including phenoxy) is 5. The molecule has 0 spiro atoms. The van der Waals surface area contributed by atoms with E-state index in [2.05, 4.69) is 26.1 Å². The minimum Gasteiger partial charge on any atom is -0.494 e. The minimum atomic E-state index is -0.658. The summed E-state index contributed by atoms with van der Waals surface area (Å²) >= 11 is 0. The molecule has 1 amide bonds. The van der Waals surface area contributed by atoms with Crippen LogP contribution in [0.25, 0.3) is 0 Å². The molecule has 0 aromatic heterocycles. The lowest BCUT2D eigenvalue weighted by Crippen LogP contribution is -2.15. The summed E-state index contributed by atoms with van der Waals surface area (Å²) in [5, 5.41) is 2.83. The van der Waals surface area contributed by atoms with E-state index in [0.29, 0.717) is 48.2 Å². The highest BCUT2D eigenvalue weighted by molar-refractivity contribution is 6.05. The Labute approximate surface area is 320 Å². The quantitative estimate of drug-likeness (QED) is 0.0430. The molecule has 0 fully saturated rings. The summed E-state index contributed by atoms with van der Waals surface area (Å²) < 4.78 is 28.9. The van der Waals surface area contributed by atoms with Crippen LogP contribution in [0.5, 0.6) is 28.7 Å². The van der Waals surface area contributed by atoms with Crippen molar-refractivity contribution in [1.29, 1.82) is 0 Å². The van der Waals surface area contributed by atoms with Crippen molar-refractivity contribution in [3.63, 3.8) is 0 Å². The second-order valence-electron chi connectivity index (χ2n) is 13.2. The monoisotopic (exact) mass is 737 g/mol. The summed E-state index contributed by atoms with van der Waals surface area (Å²) in [5.41, 5.74) is 1.22. The van der Waals surface area contributed by atoms with Gasteiger partial charge in [0.1, 0.15) is 23.0 Å². The molecule has 0 saturated carbocycles. The topological polar surface area (TPSA) is 109 Å². The van der Waals surface area contributed by atoms with Gasteiger partial charge in [-0.1, -0.05) is 78.6 Å². The molecule has 0 aliphatic heterocycles. The van der Waals surface area contributed by atoms with E-state index in [4.69, 9.17) is 23.7 Å². The first-order valence-corrected chi connectivity index (χ1v) is 19.5. The fourth-order valence-corrected chi connectivity index (χ4v) is 5.51. The van der Waals surface area contributed by atoms with Gasteiger partial charge in [0, 0.05) is 11.6 Å². The third-order valence-corrected chi connectivity index (χ3v) is 8.71. The SMILES string of the molecule is CCCCCCOc1ccc(C(=O)Nc2ccc(OC(=O)c3ccc(OCCCCCC)cc3)cc2OC(=O)c2ccc(OCCCCCC)cc2)cc1. The molecule has 0 radical (unpaired) electrons. The van der Waals surface area contributed by atoms with E-state index in [1.165, 1.54) is 37.5 Å². The van der Waals surface area contributed by atoms with Crippen LogP contribution in [0.4, 0.5) is 5.69 Å². The Morgan fingerprint density at radius 2 is 0.833 bits per heavy atom. The van der Waals surface area contributed by atoms with Crippen LogP contribution in [-0.2, 0) is 0 Å². The third kappa shape index (κ3) is 14.3. The number of esters is 2. The van der Waals surface area contributed by atoms with Crippen LogP contribution < -0.4 is 29.0 Å². The van der Waals surface area contributed by atoms with Crippen molar-refractivity contribution in [1.82, 2.24) is 0 Å². The maximum atomic E-state index is 13.4. The van der Waals surface area contributed by atoms with Gasteiger partial charge < -0.3 is 29.0 Å². The highest BCUT2D eigenvalue weighted by atomic mass is 16.5. The molecule has 0 unspecified atom stereocenters. The number of carbonyl (C=O) groups excluding carboxylic acids is 3. The Bertz CT molecular complexity index is 1720. The fraction of sp³-hybridized carbons (Fsp3) is 0.400. The van der Waals surface area contributed by atoms with Gasteiger partial charge in [0.2, 0.25) is 0 Å². The van der Waals surface area contributed by atoms with Gasteiger partial charge in [-0.25, -0.2) is 9.59 Å². The van der Waals surface area contributed by atoms with E-state index in [9.17, 15) is 14.4 Å². The number of benzene rings is 4. The van der Waals surface area contributed by atoms with Crippen LogP contribution in [0.15, 0.2) is 91.0 Å². The zero-order valence-electron chi connectivity index (χ0n) is 32.0. The number of anilines is 1. The molecule has 0 bridgehead atoms. The van der Waals surface area contributed by atoms with Crippen molar-refractivity contribution in [2.45, 2.75) is 97.8 Å². The van der Waals surface area contributed by atoms with Gasteiger partial charge in [-0.2, -0.15) is 0 Å². The van der Waals surface area contributed by atoms with Crippen molar-refractivity contribution >= 4 is 23.5 Å². The maximum absolute atomic E-state index is 13.4. The molecule has 0 heterocycles. The predicted octanol–water partition coefficient (Wildman–Crippen LogP) is 11.3. The number of unbranched alkanes of at least 4 members (excludes halogenated alkanes) is 9. The van der Waals surface area contributed by atoms with E-state index in [-0.39, 0.29) is 22.7 Å². The number of carbonyl (C=O) groups is 3. The van der Waals surface area contributed by atoms with Crippen molar-refractivity contribution in [3.8, 4) is 28.7 Å². The lowest BCUT2D eigenvalue weighted by molar-refractivity contribution is 0.0732. The van der Waals surface area contributed by atoms with Crippen molar-refractivity contribution in [3.05, 3.63) is 108 Å². The number of nitrogens with one attached hydrogen (secondary N) is 1. The Balaban J connectivity index is 1.45. The van der Waals surface area contributed by atoms with Crippen molar-refractivity contribution < 1.29 is 38.1 Å². The molecule has 0 atom stereocenters. The van der Waals surface area contributed by atoms with Crippen LogP contribution in [0.2, 0.25) is 0 Å². The summed E-state index contributed by atoms with van der Waals surface area (Å²) in [5.74, 6) is 0.475. The maximum Gasteiger partial charge on any atom is 0.343 e. The molecule has 0 saturated heterocycles. The fourth-order valence-electron chi connectivity index (χ4n) is 5.51. The highest BCUT2D eigenvalue weighted by Gasteiger charge is 2.18. The molecule has 9 heteroatoms. The Morgan fingerprint density at radius 1 is 0.444 bits per heavy atom. The second kappa shape index (κ2) is 23.4. The van der Waals surface area contributed by atoms with Gasteiger partial charge in [0.05, 0.1) is 36.6 Å². The summed E-state index contributed by atoms with van der Waals surface area (Å²) in [6.45, 7) is 8.33. The van der Waals surface area contributed by atoms with Gasteiger partial charge in [-0.3, -0.25) is 4.79 Å². The first-order valence-electron chi connectivity index (χ1n) is 19.5. The zero-order valence-corrected chi connectivity index (χ0v) is 32.0. The van der Waals surface area contributed by atoms with Crippen LogP contribution in [-0.4, -0.2) is 37.7 Å². The molecule has 0 aliphatic rings. The summed E-state index contributed by atoms with van der Waals surface area (Å²) in [4.78, 5) is 39.8. The van der Waals surface area contributed by atoms with Crippen molar-refractivity contribution in [2.75, 3.05) is 25.1 Å². The molecule has 1 N–H and O–H groups in total. The van der Waals surface area contributed by atoms with Crippen LogP contribution in [0, 0.1) is 0 Å². The summed E-state index contributed by atoms with van der Waals surface area (Å²) in [7, 11) is 0. The number of hydrogen-bond donors (Lipinski definition) is 1. The average Bonchev–Trinajstić information content (AvgIpc) is 3.19. The molecule has 4 rings (SSSR count). The third-order valence-electron chi connectivity index (χ3n) is 8.71. The van der Waals surface area contributed by atoms with Gasteiger partial charge in [0.15, 0.2) is 5.75 Å². The highest BCUT2D eigenvalue weighted by Crippen LogP contribution is 2.32. The lowest BCUT2D eigenvalue weighted by Gasteiger charge is -2.14.